The van der Waals surface area contributed by atoms with Crippen molar-refractivity contribution in [1.29, 1.82) is 0 Å². The highest BCUT2D eigenvalue weighted by atomic mass is 16.5. The predicted octanol–water partition coefficient (Wildman–Crippen LogP) is 1.88. The van der Waals surface area contributed by atoms with Gasteiger partial charge < -0.3 is 14.6 Å². The van der Waals surface area contributed by atoms with Gasteiger partial charge in [0.1, 0.15) is 16.6 Å². The summed E-state index contributed by atoms with van der Waals surface area (Å²) in [6, 6.07) is 8.96. The van der Waals surface area contributed by atoms with Crippen molar-refractivity contribution in [3.63, 3.8) is 0 Å². The SMILES string of the molecule is O=C(O)c1c[nH]c(=O)c2c(-c3ccccc3)noc12. The van der Waals surface area contributed by atoms with Gasteiger partial charge in [0, 0.05) is 11.8 Å². The third-order valence-electron chi connectivity index (χ3n) is 2.79. The molecule has 94 valence electrons. The van der Waals surface area contributed by atoms with Crippen molar-refractivity contribution < 1.29 is 14.4 Å². The molecule has 3 rings (SSSR count). The van der Waals surface area contributed by atoms with Gasteiger partial charge in [-0.15, -0.1) is 0 Å². The van der Waals surface area contributed by atoms with Crippen LogP contribution in [0, 0.1) is 0 Å². The number of hydrogen-bond donors (Lipinski definition) is 2. The van der Waals surface area contributed by atoms with Crippen LogP contribution in [-0.2, 0) is 0 Å². The van der Waals surface area contributed by atoms with Gasteiger partial charge in [-0.1, -0.05) is 35.5 Å². The van der Waals surface area contributed by atoms with Crippen LogP contribution in [0.25, 0.3) is 22.2 Å². The maximum atomic E-state index is 11.9. The fourth-order valence-electron chi connectivity index (χ4n) is 1.91. The largest absolute Gasteiger partial charge is 0.477 e. The minimum absolute atomic E-state index is 0.0184. The van der Waals surface area contributed by atoms with Gasteiger partial charge in [-0.05, 0) is 0 Å². The van der Waals surface area contributed by atoms with Gasteiger partial charge in [0.2, 0.25) is 0 Å². The van der Waals surface area contributed by atoms with Crippen molar-refractivity contribution in [3.8, 4) is 11.3 Å². The van der Waals surface area contributed by atoms with E-state index in [0.29, 0.717) is 11.3 Å². The molecule has 0 aliphatic carbocycles. The molecular weight excluding hydrogens is 248 g/mol. The van der Waals surface area contributed by atoms with Gasteiger partial charge in [0.25, 0.3) is 5.56 Å². The number of nitrogens with zero attached hydrogens (tertiary/aromatic N) is 1. The number of H-pyrrole nitrogens is 1. The van der Waals surface area contributed by atoms with E-state index in [4.69, 9.17) is 9.63 Å². The molecule has 0 aliphatic rings. The molecule has 0 radical (unpaired) electrons. The van der Waals surface area contributed by atoms with Crippen molar-refractivity contribution in [2.24, 2.45) is 0 Å². The molecule has 2 N–H and O–H groups in total. The zero-order valence-corrected chi connectivity index (χ0v) is 9.58. The Morgan fingerprint density at radius 3 is 2.68 bits per heavy atom. The lowest BCUT2D eigenvalue weighted by atomic mass is 10.1. The van der Waals surface area contributed by atoms with Crippen LogP contribution in [0.1, 0.15) is 10.4 Å². The van der Waals surface area contributed by atoms with Crippen molar-refractivity contribution in [2.75, 3.05) is 0 Å². The molecule has 6 nitrogen and oxygen atoms in total. The second kappa shape index (κ2) is 4.09. The average Bonchev–Trinajstić information content (AvgIpc) is 2.85. The molecule has 1 aromatic carbocycles. The van der Waals surface area contributed by atoms with Crippen molar-refractivity contribution in [2.45, 2.75) is 0 Å². The Kier molecular flexibility index (Phi) is 2.42. The number of carbonyl (C=O) groups is 1. The number of aromatic carboxylic acids is 1. The summed E-state index contributed by atoms with van der Waals surface area (Å²) >= 11 is 0. The first-order valence-corrected chi connectivity index (χ1v) is 5.48. The number of nitrogens with one attached hydrogen (secondary N) is 1. The molecule has 0 saturated heterocycles. The van der Waals surface area contributed by atoms with Crippen LogP contribution in [-0.4, -0.2) is 21.2 Å². The van der Waals surface area contributed by atoms with Gasteiger partial charge in [0.15, 0.2) is 5.58 Å². The first-order valence-electron chi connectivity index (χ1n) is 5.48. The van der Waals surface area contributed by atoms with Crippen LogP contribution in [0.4, 0.5) is 0 Å². The Balaban J connectivity index is 2.38. The van der Waals surface area contributed by atoms with E-state index in [1.165, 1.54) is 0 Å². The highest BCUT2D eigenvalue weighted by Crippen LogP contribution is 2.26. The molecule has 0 amide bonds. The zero-order chi connectivity index (χ0) is 13.4. The van der Waals surface area contributed by atoms with E-state index in [2.05, 4.69) is 10.1 Å². The van der Waals surface area contributed by atoms with Crippen molar-refractivity contribution in [3.05, 3.63) is 52.4 Å². The Bertz CT molecular complexity index is 818. The maximum absolute atomic E-state index is 11.9. The van der Waals surface area contributed by atoms with Crippen LogP contribution in [0.2, 0.25) is 0 Å². The van der Waals surface area contributed by atoms with E-state index in [-0.39, 0.29) is 16.5 Å². The van der Waals surface area contributed by atoms with Crippen LogP contribution in [0.5, 0.6) is 0 Å². The standard InChI is InChI=1S/C13H8N2O4/c16-12-9-10(7-4-2-1-3-5-7)15-19-11(9)8(6-14-12)13(17)18/h1-6H,(H,14,16)(H,17,18). The van der Waals surface area contributed by atoms with Crippen LogP contribution >= 0.6 is 0 Å². The van der Waals surface area contributed by atoms with Gasteiger partial charge in [-0.25, -0.2) is 4.79 Å². The Labute approximate surface area is 106 Å². The Hall–Kier alpha value is -2.89. The van der Waals surface area contributed by atoms with Gasteiger partial charge in [-0.2, -0.15) is 0 Å². The smallest absolute Gasteiger partial charge is 0.341 e. The quantitative estimate of drug-likeness (QED) is 0.729. The minimum Gasteiger partial charge on any atom is -0.477 e. The molecule has 6 heteroatoms. The van der Waals surface area contributed by atoms with E-state index in [1.807, 2.05) is 6.07 Å². The number of rotatable bonds is 2. The number of carboxylic acid groups (broad SMARTS) is 1. The van der Waals surface area contributed by atoms with Gasteiger partial charge in [0.05, 0.1) is 0 Å². The topological polar surface area (TPSA) is 96.2 Å². The molecule has 0 spiro atoms. The molecule has 2 heterocycles. The van der Waals surface area contributed by atoms with E-state index in [9.17, 15) is 9.59 Å². The van der Waals surface area contributed by atoms with E-state index >= 15 is 0 Å². The molecule has 0 aliphatic heterocycles. The van der Waals surface area contributed by atoms with Crippen molar-refractivity contribution >= 4 is 16.9 Å². The van der Waals surface area contributed by atoms with E-state index in [1.54, 1.807) is 24.3 Å². The average molecular weight is 256 g/mol. The number of aromatic nitrogens is 2. The molecule has 0 saturated carbocycles. The summed E-state index contributed by atoms with van der Waals surface area (Å²) in [4.78, 5) is 25.3. The highest BCUT2D eigenvalue weighted by molar-refractivity contribution is 6.03. The third-order valence-corrected chi connectivity index (χ3v) is 2.79. The summed E-state index contributed by atoms with van der Waals surface area (Å²) in [6.07, 6.45) is 1.10. The maximum Gasteiger partial charge on any atom is 0.341 e. The lowest BCUT2D eigenvalue weighted by Crippen LogP contribution is -2.09. The zero-order valence-electron chi connectivity index (χ0n) is 9.58. The first kappa shape index (κ1) is 11.2. The second-order valence-corrected chi connectivity index (χ2v) is 3.94. The number of pyridine rings is 1. The number of hydrogen-bond acceptors (Lipinski definition) is 4. The number of benzene rings is 1. The molecule has 0 atom stereocenters. The fraction of sp³-hybridized carbons (Fsp3) is 0. The number of carboxylic acids is 1. The molecule has 0 fully saturated rings. The van der Waals surface area contributed by atoms with Gasteiger partial charge >= 0.3 is 5.97 Å². The molecule has 0 unspecified atom stereocenters. The fourth-order valence-corrected chi connectivity index (χ4v) is 1.91. The second-order valence-electron chi connectivity index (χ2n) is 3.94. The summed E-state index contributed by atoms with van der Waals surface area (Å²) in [5.41, 5.74) is 0.453. The molecule has 0 bridgehead atoms. The summed E-state index contributed by atoms with van der Waals surface area (Å²) in [7, 11) is 0. The lowest BCUT2D eigenvalue weighted by molar-refractivity contribution is 0.0697. The summed E-state index contributed by atoms with van der Waals surface area (Å²) < 4.78 is 5.03. The predicted molar refractivity (Wildman–Crippen MR) is 67.0 cm³/mol. The van der Waals surface area contributed by atoms with Crippen LogP contribution < -0.4 is 5.56 Å². The van der Waals surface area contributed by atoms with Crippen molar-refractivity contribution in [1.82, 2.24) is 10.1 Å². The summed E-state index contributed by atoms with van der Waals surface area (Å²) in [5, 5.41) is 13.0. The Morgan fingerprint density at radius 1 is 1.26 bits per heavy atom. The monoisotopic (exact) mass is 256 g/mol. The van der Waals surface area contributed by atoms with Gasteiger partial charge in [-0.3, -0.25) is 4.79 Å². The minimum atomic E-state index is -1.18. The number of aromatic amines is 1. The Morgan fingerprint density at radius 2 is 2.00 bits per heavy atom. The van der Waals surface area contributed by atoms with Crippen LogP contribution in [0.15, 0.2) is 45.8 Å². The molecular formula is C13H8N2O4. The summed E-state index contributed by atoms with van der Waals surface area (Å²) in [5.74, 6) is -1.18. The van der Waals surface area contributed by atoms with Crippen LogP contribution in [0.3, 0.4) is 0 Å². The summed E-state index contributed by atoms with van der Waals surface area (Å²) in [6.45, 7) is 0. The lowest BCUT2D eigenvalue weighted by Gasteiger charge is -1.96. The third kappa shape index (κ3) is 1.70. The van der Waals surface area contributed by atoms with E-state index < -0.39 is 11.5 Å². The normalized spacial score (nSPS) is 10.7. The molecule has 2 aromatic heterocycles. The van der Waals surface area contributed by atoms with E-state index in [0.717, 1.165) is 6.20 Å². The highest BCUT2D eigenvalue weighted by Gasteiger charge is 2.20. The molecule has 3 aromatic rings. The molecule has 19 heavy (non-hydrogen) atoms. The first-order chi connectivity index (χ1) is 9.18. The number of fused-ring (bicyclic) bond motifs is 1.